The molecule has 128 valence electrons. The number of carbonyl (C=O) groups is 1. The molecule has 1 aromatic rings. The summed E-state index contributed by atoms with van der Waals surface area (Å²) in [6.07, 6.45) is 2.16. The standard InChI is InChI=1S/C18H30N4O/c1-16(17-8-4-3-5-9-17)20-18(23)19-10-6-7-11-22-14-12-21(2)13-15-22/h3-5,8-9,16H,6-7,10-15H2,1-2H3,(H2,19,20,23)/t16-/m1/s1. The Morgan fingerprint density at radius 1 is 1.13 bits per heavy atom. The molecular weight excluding hydrogens is 288 g/mol. The second-order valence-corrected chi connectivity index (χ2v) is 6.38. The Morgan fingerprint density at radius 2 is 1.83 bits per heavy atom. The minimum atomic E-state index is -0.0825. The van der Waals surface area contributed by atoms with E-state index in [2.05, 4.69) is 27.5 Å². The van der Waals surface area contributed by atoms with E-state index in [1.165, 1.54) is 13.1 Å². The van der Waals surface area contributed by atoms with Crippen LogP contribution in [0.3, 0.4) is 0 Å². The Bertz CT molecular complexity index is 457. The summed E-state index contributed by atoms with van der Waals surface area (Å²) >= 11 is 0. The monoisotopic (exact) mass is 318 g/mol. The predicted octanol–water partition coefficient (Wildman–Crippen LogP) is 2.07. The summed E-state index contributed by atoms with van der Waals surface area (Å²) in [4.78, 5) is 16.8. The van der Waals surface area contributed by atoms with Crippen LogP contribution in [0.2, 0.25) is 0 Å². The van der Waals surface area contributed by atoms with Gasteiger partial charge in [0.1, 0.15) is 0 Å². The molecule has 1 atom stereocenters. The fraction of sp³-hybridized carbons (Fsp3) is 0.611. The smallest absolute Gasteiger partial charge is 0.315 e. The van der Waals surface area contributed by atoms with Gasteiger partial charge in [-0.1, -0.05) is 30.3 Å². The number of rotatable bonds is 7. The number of hydrogen-bond acceptors (Lipinski definition) is 3. The van der Waals surface area contributed by atoms with Crippen LogP contribution in [-0.2, 0) is 0 Å². The number of likely N-dealkylation sites (N-methyl/N-ethyl adjacent to an activating group) is 1. The number of unbranched alkanes of at least 4 members (excludes halogenated alkanes) is 1. The molecule has 0 aliphatic carbocycles. The zero-order valence-electron chi connectivity index (χ0n) is 14.4. The van der Waals surface area contributed by atoms with Crippen molar-refractivity contribution in [3.8, 4) is 0 Å². The summed E-state index contributed by atoms with van der Waals surface area (Å²) in [6.45, 7) is 8.54. The fourth-order valence-corrected chi connectivity index (χ4v) is 2.81. The molecule has 1 heterocycles. The number of nitrogens with one attached hydrogen (secondary N) is 2. The number of benzene rings is 1. The maximum atomic E-state index is 11.9. The quantitative estimate of drug-likeness (QED) is 0.757. The van der Waals surface area contributed by atoms with Crippen molar-refractivity contribution >= 4 is 6.03 Å². The summed E-state index contributed by atoms with van der Waals surface area (Å²) in [5.41, 5.74) is 1.12. The minimum Gasteiger partial charge on any atom is -0.338 e. The first-order valence-corrected chi connectivity index (χ1v) is 8.65. The zero-order valence-corrected chi connectivity index (χ0v) is 14.4. The van der Waals surface area contributed by atoms with Crippen molar-refractivity contribution in [2.24, 2.45) is 0 Å². The lowest BCUT2D eigenvalue weighted by atomic mass is 10.1. The molecule has 5 nitrogen and oxygen atoms in total. The van der Waals surface area contributed by atoms with Crippen LogP contribution >= 0.6 is 0 Å². The van der Waals surface area contributed by atoms with Gasteiger partial charge in [0.05, 0.1) is 6.04 Å². The molecule has 23 heavy (non-hydrogen) atoms. The van der Waals surface area contributed by atoms with Gasteiger partial charge in [0.15, 0.2) is 0 Å². The first kappa shape index (κ1) is 17.8. The molecule has 1 saturated heterocycles. The van der Waals surface area contributed by atoms with E-state index in [9.17, 15) is 4.79 Å². The minimum absolute atomic E-state index is 0.0292. The average molecular weight is 318 g/mol. The van der Waals surface area contributed by atoms with Crippen LogP contribution in [0, 0.1) is 0 Å². The highest BCUT2D eigenvalue weighted by molar-refractivity contribution is 5.74. The van der Waals surface area contributed by atoms with E-state index in [1.807, 2.05) is 37.3 Å². The van der Waals surface area contributed by atoms with Crippen LogP contribution in [0.4, 0.5) is 4.79 Å². The van der Waals surface area contributed by atoms with E-state index in [1.54, 1.807) is 0 Å². The van der Waals surface area contributed by atoms with E-state index in [0.29, 0.717) is 0 Å². The molecule has 0 bridgehead atoms. The van der Waals surface area contributed by atoms with E-state index < -0.39 is 0 Å². The topological polar surface area (TPSA) is 47.6 Å². The first-order valence-electron chi connectivity index (χ1n) is 8.65. The third kappa shape index (κ3) is 6.59. The molecule has 2 amide bonds. The summed E-state index contributed by atoms with van der Waals surface area (Å²) in [7, 11) is 2.18. The number of urea groups is 1. The maximum Gasteiger partial charge on any atom is 0.315 e. The van der Waals surface area contributed by atoms with Gasteiger partial charge in [-0.05, 0) is 38.9 Å². The van der Waals surface area contributed by atoms with Gasteiger partial charge in [-0.2, -0.15) is 0 Å². The number of carbonyl (C=O) groups excluding carboxylic acids is 1. The lowest BCUT2D eigenvalue weighted by Crippen LogP contribution is -2.44. The van der Waals surface area contributed by atoms with Gasteiger partial charge in [0, 0.05) is 32.7 Å². The molecule has 0 aromatic heterocycles. The van der Waals surface area contributed by atoms with E-state index in [4.69, 9.17) is 0 Å². The first-order chi connectivity index (χ1) is 11.1. The Balaban J connectivity index is 1.53. The molecule has 1 fully saturated rings. The second kappa shape index (κ2) is 9.53. The fourth-order valence-electron chi connectivity index (χ4n) is 2.81. The normalized spacial score (nSPS) is 17.7. The lowest BCUT2D eigenvalue weighted by Gasteiger charge is -2.32. The summed E-state index contributed by atoms with van der Waals surface area (Å²) in [6, 6.07) is 9.97. The average Bonchev–Trinajstić information content (AvgIpc) is 2.57. The Morgan fingerprint density at radius 3 is 2.52 bits per heavy atom. The van der Waals surface area contributed by atoms with Crippen LogP contribution in [0.5, 0.6) is 0 Å². The van der Waals surface area contributed by atoms with Crippen molar-refractivity contribution in [1.29, 1.82) is 0 Å². The molecule has 1 aliphatic rings. The van der Waals surface area contributed by atoms with Crippen LogP contribution in [0.25, 0.3) is 0 Å². The van der Waals surface area contributed by atoms with Crippen LogP contribution < -0.4 is 10.6 Å². The van der Waals surface area contributed by atoms with Gasteiger partial charge < -0.3 is 20.4 Å². The number of nitrogens with zero attached hydrogens (tertiary/aromatic N) is 2. The molecule has 5 heteroatoms. The van der Waals surface area contributed by atoms with Crippen molar-refractivity contribution in [2.45, 2.75) is 25.8 Å². The molecule has 0 spiro atoms. The molecule has 2 N–H and O–H groups in total. The maximum absolute atomic E-state index is 11.9. The summed E-state index contributed by atoms with van der Waals surface area (Å²) < 4.78 is 0. The molecule has 0 unspecified atom stereocenters. The number of amides is 2. The predicted molar refractivity (Wildman–Crippen MR) is 94.6 cm³/mol. The Hall–Kier alpha value is -1.59. The highest BCUT2D eigenvalue weighted by Crippen LogP contribution is 2.10. The van der Waals surface area contributed by atoms with Gasteiger partial charge in [0.2, 0.25) is 0 Å². The molecule has 0 saturated carbocycles. The SMILES string of the molecule is C[C@@H](NC(=O)NCCCCN1CCN(C)CC1)c1ccccc1. The van der Waals surface area contributed by atoms with E-state index in [-0.39, 0.29) is 12.1 Å². The van der Waals surface area contributed by atoms with Crippen molar-refractivity contribution in [1.82, 2.24) is 20.4 Å². The van der Waals surface area contributed by atoms with Gasteiger partial charge in [-0.15, -0.1) is 0 Å². The molecule has 1 aliphatic heterocycles. The Labute approximate surface area is 140 Å². The number of piperazine rings is 1. The van der Waals surface area contributed by atoms with Crippen LogP contribution in [0.1, 0.15) is 31.4 Å². The second-order valence-electron chi connectivity index (χ2n) is 6.38. The highest BCUT2D eigenvalue weighted by Gasteiger charge is 2.13. The molecule has 1 aromatic carbocycles. The molecule has 2 rings (SSSR count). The van der Waals surface area contributed by atoms with Crippen molar-refractivity contribution < 1.29 is 4.79 Å². The van der Waals surface area contributed by atoms with Gasteiger partial charge in [-0.25, -0.2) is 4.79 Å². The third-order valence-electron chi connectivity index (χ3n) is 4.43. The summed E-state index contributed by atoms with van der Waals surface area (Å²) in [5, 5.41) is 5.93. The zero-order chi connectivity index (χ0) is 16.5. The van der Waals surface area contributed by atoms with Crippen LogP contribution in [0.15, 0.2) is 30.3 Å². The van der Waals surface area contributed by atoms with Gasteiger partial charge in [-0.3, -0.25) is 0 Å². The van der Waals surface area contributed by atoms with E-state index >= 15 is 0 Å². The van der Waals surface area contributed by atoms with Gasteiger partial charge >= 0.3 is 6.03 Å². The van der Waals surface area contributed by atoms with E-state index in [0.717, 1.165) is 44.6 Å². The Kier molecular flexibility index (Phi) is 7.36. The molecular formula is C18H30N4O. The summed E-state index contributed by atoms with van der Waals surface area (Å²) in [5.74, 6) is 0. The number of hydrogen-bond donors (Lipinski definition) is 2. The van der Waals surface area contributed by atoms with Crippen molar-refractivity contribution in [2.75, 3.05) is 46.3 Å². The third-order valence-corrected chi connectivity index (χ3v) is 4.43. The van der Waals surface area contributed by atoms with Crippen LogP contribution in [-0.4, -0.2) is 62.1 Å². The lowest BCUT2D eigenvalue weighted by molar-refractivity contribution is 0.152. The van der Waals surface area contributed by atoms with Gasteiger partial charge in [0.25, 0.3) is 0 Å². The molecule has 0 radical (unpaired) electrons. The largest absolute Gasteiger partial charge is 0.338 e. The highest BCUT2D eigenvalue weighted by atomic mass is 16.2. The van der Waals surface area contributed by atoms with Crippen molar-refractivity contribution in [3.63, 3.8) is 0 Å². The van der Waals surface area contributed by atoms with Crippen molar-refractivity contribution in [3.05, 3.63) is 35.9 Å².